The molecule has 3 rings (SSSR count). The molecule has 0 unspecified atom stereocenters. The van der Waals surface area contributed by atoms with E-state index in [0.29, 0.717) is 23.4 Å². The zero-order valence-corrected chi connectivity index (χ0v) is 14.5. The van der Waals surface area contributed by atoms with Crippen molar-refractivity contribution in [2.75, 3.05) is 13.7 Å². The van der Waals surface area contributed by atoms with Crippen LogP contribution in [-0.2, 0) is 6.67 Å². The summed E-state index contributed by atoms with van der Waals surface area (Å²) in [6, 6.07) is 8.26. The molecule has 5 nitrogen and oxygen atoms in total. The summed E-state index contributed by atoms with van der Waals surface area (Å²) in [5, 5.41) is 4.56. The number of hydrogen-bond donors (Lipinski definition) is 0. The van der Waals surface area contributed by atoms with Crippen LogP contribution in [0.4, 0.5) is 0 Å². The normalized spacial score (nSPS) is 19.0. The number of rotatable bonds is 5. The van der Waals surface area contributed by atoms with Gasteiger partial charge in [-0.15, -0.1) is 5.10 Å². The van der Waals surface area contributed by atoms with Crippen LogP contribution in [0.3, 0.4) is 0 Å². The summed E-state index contributed by atoms with van der Waals surface area (Å²) in [6.07, 6.45) is 4.98. The third-order valence-corrected chi connectivity index (χ3v) is 4.77. The van der Waals surface area contributed by atoms with Crippen molar-refractivity contribution in [2.24, 2.45) is 0 Å². The SMILES string of the molecule is CC[C@H]1CCCCN1Cn1nc(-c2ccc(OC)cc2)oc1=S. The largest absolute Gasteiger partial charge is 0.497 e. The van der Waals surface area contributed by atoms with Crippen molar-refractivity contribution in [3.05, 3.63) is 29.1 Å². The van der Waals surface area contributed by atoms with E-state index in [1.807, 2.05) is 24.3 Å². The molecular weight excluding hydrogens is 310 g/mol. The number of methoxy groups -OCH3 is 1. The van der Waals surface area contributed by atoms with Crippen molar-refractivity contribution >= 4 is 12.2 Å². The Balaban J connectivity index is 1.78. The van der Waals surface area contributed by atoms with Crippen molar-refractivity contribution in [2.45, 2.75) is 45.3 Å². The van der Waals surface area contributed by atoms with Gasteiger partial charge in [0.2, 0.25) is 5.89 Å². The summed E-state index contributed by atoms with van der Waals surface area (Å²) in [5.74, 6) is 1.37. The molecule has 0 amide bonds. The summed E-state index contributed by atoms with van der Waals surface area (Å²) in [7, 11) is 1.65. The first kappa shape index (κ1) is 16.2. The number of benzene rings is 1. The van der Waals surface area contributed by atoms with E-state index in [-0.39, 0.29) is 0 Å². The zero-order valence-electron chi connectivity index (χ0n) is 13.7. The molecule has 2 aromatic rings. The van der Waals surface area contributed by atoms with Gasteiger partial charge in [-0.2, -0.15) is 0 Å². The lowest BCUT2D eigenvalue weighted by Gasteiger charge is -2.34. The second-order valence-electron chi connectivity index (χ2n) is 5.91. The zero-order chi connectivity index (χ0) is 16.2. The fourth-order valence-electron chi connectivity index (χ4n) is 3.13. The monoisotopic (exact) mass is 333 g/mol. The highest BCUT2D eigenvalue weighted by Gasteiger charge is 2.22. The average molecular weight is 333 g/mol. The predicted octanol–water partition coefficient (Wildman–Crippen LogP) is 4.10. The van der Waals surface area contributed by atoms with E-state index in [9.17, 15) is 0 Å². The van der Waals surface area contributed by atoms with E-state index in [2.05, 4.69) is 16.9 Å². The van der Waals surface area contributed by atoms with Gasteiger partial charge >= 0.3 is 0 Å². The predicted molar refractivity (Wildman–Crippen MR) is 92.0 cm³/mol. The molecule has 1 fully saturated rings. The molecule has 0 saturated carbocycles. The highest BCUT2D eigenvalue weighted by molar-refractivity contribution is 7.71. The van der Waals surface area contributed by atoms with Crippen LogP contribution in [0.2, 0.25) is 0 Å². The van der Waals surface area contributed by atoms with Crippen LogP contribution in [0.5, 0.6) is 5.75 Å². The first-order chi connectivity index (χ1) is 11.2. The van der Waals surface area contributed by atoms with E-state index in [4.69, 9.17) is 21.4 Å². The quantitative estimate of drug-likeness (QED) is 0.771. The van der Waals surface area contributed by atoms with Crippen LogP contribution in [0.15, 0.2) is 28.7 Å². The summed E-state index contributed by atoms with van der Waals surface area (Å²) in [5.41, 5.74) is 0.904. The van der Waals surface area contributed by atoms with Gasteiger partial charge in [0.1, 0.15) is 5.75 Å². The Morgan fingerprint density at radius 3 is 2.78 bits per heavy atom. The van der Waals surface area contributed by atoms with E-state index in [1.165, 1.54) is 19.3 Å². The van der Waals surface area contributed by atoms with Crippen LogP contribution >= 0.6 is 12.2 Å². The Morgan fingerprint density at radius 2 is 2.09 bits per heavy atom. The lowest BCUT2D eigenvalue weighted by atomic mass is 10.0. The number of ether oxygens (including phenoxy) is 1. The topological polar surface area (TPSA) is 43.4 Å². The molecule has 1 aliphatic heterocycles. The molecule has 1 saturated heterocycles. The van der Waals surface area contributed by atoms with E-state index in [1.54, 1.807) is 11.8 Å². The molecule has 23 heavy (non-hydrogen) atoms. The molecule has 0 spiro atoms. The summed E-state index contributed by atoms with van der Waals surface area (Å²) in [4.78, 5) is 2.89. The molecule has 0 radical (unpaired) electrons. The average Bonchev–Trinajstić information content (AvgIpc) is 2.96. The number of nitrogens with zero attached hydrogens (tertiary/aromatic N) is 3. The number of likely N-dealkylation sites (tertiary alicyclic amines) is 1. The molecule has 0 bridgehead atoms. The molecule has 6 heteroatoms. The van der Waals surface area contributed by atoms with Gasteiger partial charge in [0.05, 0.1) is 13.8 Å². The fraction of sp³-hybridized carbons (Fsp3) is 0.529. The molecule has 124 valence electrons. The highest BCUT2D eigenvalue weighted by atomic mass is 32.1. The molecule has 0 N–H and O–H groups in total. The molecule has 1 aromatic heterocycles. The van der Waals surface area contributed by atoms with Crippen molar-refractivity contribution in [1.29, 1.82) is 0 Å². The second-order valence-corrected chi connectivity index (χ2v) is 6.26. The van der Waals surface area contributed by atoms with Crippen molar-refractivity contribution in [3.8, 4) is 17.2 Å². The third kappa shape index (κ3) is 3.64. The molecule has 0 aliphatic carbocycles. The Morgan fingerprint density at radius 1 is 1.30 bits per heavy atom. The van der Waals surface area contributed by atoms with Gasteiger partial charge in [-0.1, -0.05) is 13.3 Å². The molecule has 1 atom stereocenters. The van der Waals surface area contributed by atoms with Crippen molar-refractivity contribution in [3.63, 3.8) is 0 Å². The highest BCUT2D eigenvalue weighted by Crippen LogP contribution is 2.23. The smallest absolute Gasteiger partial charge is 0.288 e. The minimum atomic E-state index is 0.427. The minimum Gasteiger partial charge on any atom is -0.497 e. The van der Waals surface area contributed by atoms with Crippen LogP contribution in [0.25, 0.3) is 11.5 Å². The molecule has 1 aliphatic rings. The number of piperidine rings is 1. The van der Waals surface area contributed by atoms with E-state index in [0.717, 1.165) is 24.3 Å². The first-order valence-electron chi connectivity index (χ1n) is 8.17. The summed E-state index contributed by atoms with van der Waals surface area (Å²) >= 11 is 5.35. The number of aromatic nitrogens is 2. The van der Waals surface area contributed by atoms with Gasteiger partial charge in [0, 0.05) is 18.2 Å². The Bertz CT molecular complexity index is 693. The van der Waals surface area contributed by atoms with Gasteiger partial charge in [-0.05, 0) is 55.7 Å². The van der Waals surface area contributed by atoms with Crippen LogP contribution in [0.1, 0.15) is 32.6 Å². The van der Waals surface area contributed by atoms with Gasteiger partial charge in [-0.25, -0.2) is 4.68 Å². The Kier molecular flexibility index (Phi) is 5.13. The first-order valence-corrected chi connectivity index (χ1v) is 8.58. The lowest BCUT2D eigenvalue weighted by Crippen LogP contribution is -2.40. The van der Waals surface area contributed by atoms with Gasteiger partial charge in [0.15, 0.2) is 0 Å². The standard InChI is InChI=1S/C17H23N3O2S/c1-3-14-6-4-5-11-19(14)12-20-17(23)22-16(18-20)13-7-9-15(21-2)10-8-13/h7-10,14H,3-6,11-12H2,1-2H3/t14-/m0/s1. The maximum Gasteiger partial charge on any atom is 0.288 e. The van der Waals surface area contributed by atoms with Gasteiger partial charge in [0.25, 0.3) is 4.84 Å². The van der Waals surface area contributed by atoms with Gasteiger partial charge in [-0.3, -0.25) is 4.90 Å². The minimum absolute atomic E-state index is 0.427. The molecule has 2 heterocycles. The van der Waals surface area contributed by atoms with E-state index < -0.39 is 0 Å². The molecular formula is C17H23N3O2S. The van der Waals surface area contributed by atoms with Crippen molar-refractivity contribution in [1.82, 2.24) is 14.7 Å². The molecule has 1 aromatic carbocycles. The maximum absolute atomic E-state index is 5.68. The number of hydrogen-bond acceptors (Lipinski definition) is 5. The van der Waals surface area contributed by atoms with Crippen molar-refractivity contribution < 1.29 is 9.15 Å². The van der Waals surface area contributed by atoms with Crippen LogP contribution < -0.4 is 4.74 Å². The third-order valence-electron chi connectivity index (χ3n) is 4.48. The van der Waals surface area contributed by atoms with Gasteiger partial charge < -0.3 is 9.15 Å². The second kappa shape index (κ2) is 7.27. The Hall–Kier alpha value is -1.66. The van der Waals surface area contributed by atoms with Crippen LogP contribution in [-0.4, -0.2) is 34.4 Å². The summed E-state index contributed by atoms with van der Waals surface area (Å²) < 4.78 is 12.7. The maximum atomic E-state index is 5.68. The van der Waals surface area contributed by atoms with E-state index >= 15 is 0 Å². The fourth-order valence-corrected chi connectivity index (χ4v) is 3.30. The van der Waals surface area contributed by atoms with Crippen LogP contribution in [0, 0.1) is 4.84 Å². The lowest BCUT2D eigenvalue weighted by molar-refractivity contribution is 0.0994. The summed E-state index contributed by atoms with van der Waals surface area (Å²) in [6.45, 7) is 4.05. The Labute approximate surface area is 141 Å².